The second kappa shape index (κ2) is 14.9. The fraction of sp³-hybridized carbons (Fsp3) is 0.222. The maximum Gasteiger partial charge on any atom is 0.259 e. The van der Waals surface area contributed by atoms with Crippen molar-refractivity contribution in [2.45, 2.75) is 52.4 Å². The molecule has 0 atom stereocenters. The van der Waals surface area contributed by atoms with Crippen LogP contribution < -0.4 is 25.3 Å². The molecule has 0 bridgehead atoms. The van der Waals surface area contributed by atoms with Crippen molar-refractivity contribution in [3.8, 4) is 34.3 Å². The molecule has 8 aromatic rings. The summed E-state index contributed by atoms with van der Waals surface area (Å²) in [6.07, 6.45) is 2.08. The van der Waals surface area contributed by atoms with Crippen molar-refractivity contribution in [1.82, 2.24) is 39.6 Å². The molecular weight excluding hydrogens is 745 g/mol. The average Bonchev–Trinajstić information content (AvgIpc) is 3.99. The molecule has 0 aliphatic rings. The van der Waals surface area contributed by atoms with E-state index in [4.69, 9.17) is 34.9 Å². The lowest BCUT2D eigenvalue weighted by atomic mass is 9.88. The lowest BCUT2D eigenvalue weighted by Gasteiger charge is -2.17. The fourth-order valence-corrected chi connectivity index (χ4v) is 6.89. The molecule has 4 heterocycles. The molecule has 0 unspecified atom stereocenters. The molecule has 8 rings (SSSR count). The third-order valence-corrected chi connectivity index (χ3v) is 9.85. The highest BCUT2D eigenvalue weighted by atomic mass is 16.5. The minimum Gasteiger partial charge on any atom is -0.496 e. The van der Waals surface area contributed by atoms with Crippen LogP contribution in [0.25, 0.3) is 40.1 Å². The molecule has 0 saturated heterocycles. The van der Waals surface area contributed by atoms with Crippen LogP contribution in [0.15, 0.2) is 97.1 Å². The Hall–Kier alpha value is -7.35. The van der Waals surface area contributed by atoms with E-state index >= 15 is 0 Å². The number of hydrogen-bond acceptors (Lipinski definition) is 9. The largest absolute Gasteiger partial charge is 0.496 e. The summed E-state index contributed by atoms with van der Waals surface area (Å²) in [5, 5.41) is 26.3. The molecule has 14 nitrogen and oxygen atoms in total. The first kappa shape index (κ1) is 38.5. The van der Waals surface area contributed by atoms with Crippen molar-refractivity contribution in [2.75, 3.05) is 24.9 Å². The molecule has 0 spiro atoms. The maximum absolute atomic E-state index is 13.0. The molecule has 59 heavy (non-hydrogen) atoms. The van der Waals surface area contributed by atoms with Crippen LogP contribution in [0.4, 0.5) is 11.4 Å². The van der Waals surface area contributed by atoms with Crippen LogP contribution >= 0.6 is 0 Å². The summed E-state index contributed by atoms with van der Waals surface area (Å²) in [5.41, 5.74) is 6.90. The van der Waals surface area contributed by atoms with E-state index in [9.17, 15) is 9.59 Å². The van der Waals surface area contributed by atoms with Gasteiger partial charge in [0.2, 0.25) is 0 Å². The normalized spacial score (nSPS) is 12.3. The molecular formula is C45H44N10O4. The van der Waals surface area contributed by atoms with Crippen LogP contribution in [-0.4, -0.2) is 65.7 Å². The Balaban J connectivity index is 1.13. The summed E-state index contributed by atoms with van der Waals surface area (Å²) in [6.45, 7) is 12.7. The highest BCUT2D eigenvalue weighted by Crippen LogP contribution is 2.31. The lowest BCUT2D eigenvalue weighted by Crippen LogP contribution is -2.22. The van der Waals surface area contributed by atoms with Crippen LogP contribution in [0.1, 0.15) is 79.2 Å². The van der Waals surface area contributed by atoms with Crippen molar-refractivity contribution in [3.63, 3.8) is 0 Å². The van der Waals surface area contributed by atoms with E-state index in [1.165, 1.54) is 14.2 Å². The van der Waals surface area contributed by atoms with Crippen LogP contribution in [0, 0.1) is 0 Å². The summed E-state index contributed by atoms with van der Waals surface area (Å²) in [4.78, 5) is 34.5. The van der Waals surface area contributed by atoms with Gasteiger partial charge in [-0.15, -0.1) is 19.5 Å². The molecule has 0 aliphatic heterocycles. The number of fused-ring (bicyclic) bond motifs is 2. The number of aromatic amines is 1. The molecule has 2 amide bonds. The van der Waals surface area contributed by atoms with Gasteiger partial charge < -0.3 is 25.1 Å². The minimum absolute atomic E-state index is 0.267. The first-order chi connectivity index (χ1) is 28.2. The Kier molecular flexibility index (Phi) is 9.70. The number of amides is 2. The zero-order valence-electron chi connectivity index (χ0n) is 34.1. The zero-order chi connectivity index (χ0) is 41.6. The van der Waals surface area contributed by atoms with Gasteiger partial charge in [0.05, 0.1) is 36.7 Å². The molecule has 0 fully saturated rings. The predicted octanol–water partition coefficient (Wildman–Crippen LogP) is 7.49. The van der Waals surface area contributed by atoms with E-state index in [0.29, 0.717) is 56.9 Å². The van der Waals surface area contributed by atoms with Gasteiger partial charge in [-0.3, -0.25) is 9.59 Å². The number of para-hydroxylation sites is 2. The van der Waals surface area contributed by atoms with Crippen LogP contribution in [0.5, 0.6) is 11.5 Å². The molecule has 3 N–H and O–H groups in total. The van der Waals surface area contributed by atoms with Crippen molar-refractivity contribution in [1.29, 1.82) is 0 Å². The molecule has 298 valence electrons. The minimum atomic E-state index is -0.341. The number of aromatic nitrogens is 8. The van der Waals surface area contributed by atoms with Gasteiger partial charge in [-0.05, 0) is 78.9 Å². The molecule has 4 aromatic carbocycles. The van der Waals surface area contributed by atoms with Gasteiger partial charge in [-0.25, -0.2) is 4.98 Å². The number of benzene rings is 4. The summed E-state index contributed by atoms with van der Waals surface area (Å²) in [6, 6.07) is 29.0. The quantitative estimate of drug-likeness (QED) is 0.134. The van der Waals surface area contributed by atoms with Crippen molar-refractivity contribution < 1.29 is 19.1 Å². The Bertz CT molecular complexity index is 2910. The van der Waals surface area contributed by atoms with Gasteiger partial charge in [-0.2, -0.15) is 10.2 Å². The number of ether oxygens (including phenoxy) is 2. The third kappa shape index (κ3) is 7.47. The number of nitrogens with one attached hydrogen (secondary N) is 3. The highest BCUT2D eigenvalue weighted by Gasteiger charge is 2.28. The van der Waals surface area contributed by atoms with Crippen LogP contribution in [0.2, 0.25) is 0 Å². The van der Waals surface area contributed by atoms with E-state index in [2.05, 4.69) is 63.2 Å². The van der Waals surface area contributed by atoms with Gasteiger partial charge in [0.1, 0.15) is 11.5 Å². The number of carbonyl (C=O) groups is 2. The average molecular weight is 789 g/mol. The molecule has 14 heteroatoms. The Morgan fingerprint density at radius 1 is 0.627 bits per heavy atom. The predicted molar refractivity (Wildman–Crippen MR) is 227 cm³/mol. The van der Waals surface area contributed by atoms with Gasteiger partial charge in [0.15, 0.2) is 22.9 Å². The van der Waals surface area contributed by atoms with E-state index in [-0.39, 0.29) is 22.6 Å². The summed E-state index contributed by atoms with van der Waals surface area (Å²) < 4.78 is 13.9. The summed E-state index contributed by atoms with van der Waals surface area (Å²) in [7, 11) is 3.08. The number of methoxy groups -OCH3 is 2. The maximum atomic E-state index is 13.0. The SMILES string of the molecule is COc1ccccc1C(=O)Nc1ccc(-c2nc3/c(=C\c4c(C(C)(C)C)nn5nc(-c6ccc(NC(=O)c7ccccc7OC)cc6)[nH]c45)c(C(C)(C)C)nn3n2)cc1. The van der Waals surface area contributed by atoms with E-state index < -0.39 is 0 Å². The Morgan fingerprint density at radius 2 is 1.14 bits per heavy atom. The standard InChI is InChI=1S/C45H44N10O4/c1-44(2,3)36-32(40-48-38(52-54(40)50-36)26-17-21-28(22-18-26)46-42(56)30-13-9-11-15-34(30)58-7)25-33-37(45(4,5)6)51-55-41(33)49-39(53-55)27-19-23-29(24-20-27)47-43(57)31-14-10-12-16-35(31)59-8/h9-25H,1-8H3,(H,46,56)(H,47,57)(H,48,52)/b33-25-. The number of anilines is 2. The number of hydrogen-bond donors (Lipinski definition) is 3. The monoisotopic (exact) mass is 788 g/mol. The number of H-pyrrole nitrogens is 1. The molecule has 0 aliphatic carbocycles. The van der Waals surface area contributed by atoms with Gasteiger partial charge in [-0.1, -0.05) is 65.8 Å². The molecule has 4 aromatic heterocycles. The van der Waals surface area contributed by atoms with E-state index in [1.54, 1.807) is 45.7 Å². The Morgan fingerprint density at radius 3 is 1.66 bits per heavy atom. The zero-order valence-corrected chi connectivity index (χ0v) is 34.1. The number of nitrogens with zero attached hydrogens (tertiary/aromatic N) is 7. The summed E-state index contributed by atoms with van der Waals surface area (Å²) >= 11 is 0. The smallest absolute Gasteiger partial charge is 0.259 e. The fourth-order valence-electron chi connectivity index (χ4n) is 6.89. The van der Waals surface area contributed by atoms with E-state index in [1.807, 2.05) is 60.7 Å². The van der Waals surface area contributed by atoms with Gasteiger partial charge in [0, 0.05) is 44.1 Å². The summed E-state index contributed by atoms with van der Waals surface area (Å²) in [5.74, 6) is 1.56. The number of carbonyl (C=O) groups excluding carboxylic acids is 2. The Labute approximate surface area is 340 Å². The molecule has 0 radical (unpaired) electrons. The first-order valence-electron chi connectivity index (χ1n) is 19.1. The lowest BCUT2D eigenvalue weighted by molar-refractivity contribution is 0.101. The second-order valence-electron chi connectivity index (χ2n) is 16.2. The van der Waals surface area contributed by atoms with E-state index in [0.717, 1.165) is 33.3 Å². The van der Waals surface area contributed by atoms with Crippen LogP contribution in [0.3, 0.4) is 0 Å². The first-order valence-corrected chi connectivity index (χ1v) is 19.1. The van der Waals surface area contributed by atoms with Crippen molar-refractivity contribution >= 4 is 40.6 Å². The topological polar surface area (TPSA) is 166 Å². The van der Waals surface area contributed by atoms with Gasteiger partial charge in [0.25, 0.3) is 11.8 Å². The third-order valence-electron chi connectivity index (χ3n) is 9.85. The van der Waals surface area contributed by atoms with Crippen molar-refractivity contribution in [2.24, 2.45) is 0 Å². The molecule has 0 saturated carbocycles. The van der Waals surface area contributed by atoms with Gasteiger partial charge >= 0.3 is 0 Å². The number of rotatable bonds is 9. The second-order valence-corrected chi connectivity index (χ2v) is 16.2. The highest BCUT2D eigenvalue weighted by molar-refractivity contribution is 6.07. The van der Waals surface area contributed by atoms with Crippen molar-refractivity contribution in [3.05, 3.63) is 130 Å². The van der Waals surface area contributed by atoms with Crippen LogP contribution in [-0.2, 0) is 10.8 Å².